The number of aromatic nitrogens is 3. The van der Waals surface area contributed by atoms with E-state index in [2.05, 4.69) is 15.3 Å². The van der Waals surface area contributed by atoms with Gasteiger partial charge in [0.2, 0.25) is 5.91 Å². The Bertz CT molecular complexity index is 1560. The summed E-state index contributed by atoms with van der Waals surface area (Å²) < 4.78 is 7.45. The fraction of sp³-hybridized carbons (Fsp3) is 0.0714. The van der Waals surface area contributed by atoms with Crippen molar-refractivity contribution in [1.29, 1.82) is 0 Å². The van der Waals surface area contributed by atoms with Crippen LogP contribution in [-0.4, -0.2) is 26.2 Å². The monoisotopic (exact) mass is 494 g/mol. The maximum absolute atomic E-state index is 13.3. The van der Waals surface area contributed by atoms with Gasteiger partial charge in [-0.05, 0) is 54.1 Å². The van der Waals surface area contributed by atoms with E-state index in [1.807, 2.05) is 66.7 Å². The Morgan fingerprint density at radius 2 is 1.64 bits per heavy atom. The van der Waals surface area contributed by atoms with Crippen molar-refractivity contribution in [2.75, 3.05) is 11.1 Å². The molecule has 0 saturated carbocycles. The molecule has 0 aliphatic rings. The molecule has 36 heavy (non-hydrogen) atoms. The van der Waals surface area contributed by atoms with Crippen molar-refractivity contribution in [3.8, 4) is 11.5 Å². The number of fused-ring (bicyclic) bond motifs is 1. The van der Waals surface area contributed by atoms with Crippen LogP contribution in [0.4, 0.5) is 5.69 Å². The molecule has 2 aromatic heterocycles. The van der Waals surface area contributed by atoms with Gasteiger partial charge in [0.05, 0.1) is 23.2 Å². The number of ether oxygens (including phenoxy) is 1. The molecule has 3 aromatic carbocycles. The lowest BCUT2D eigenvalue weighted by Crippen LogP contribution is -2.25. The molecule has 7 nitrogen and oxygen atoms in total. The summed E-state index contributed by atoms with van der Waals surface area (Å²) in [7, 11) is 0. The van der Waals surface area contributed by atoms with Gasteiger partial charge in [-0.1, -0.05) is 48.2 Å². The van der Waals surface area contributed by atoms with Crippen LogP contribution in [-0.2, 0) is 11.3 Å². The highest BCUT2D eigenvalue weighted by Gasteiger charge is 2.14. The summed E-state index contributed by atoms with van der Waals surface area (Å²) >= 11 is 1.22. The zero-order chi connectivity index (χ0) is 24.7. The number of benzene rings is 3. The van der Waals surface area contributed by atoms with Crippen LogP contribution in [0.1, 0.15) is 5.56 Å². The summed E-state index contributed by atoms with van der Waals surface area (Å²) in [5.74, 6) is 1.21. The van der Waals surface area contributed by atoms with Crippen LogP contribution in [0.2, 0.25) is 0 Å². The van der Waals surface area contributed by atoms with Crippen LogP contribution in [0.25, 0.3) is 10.9 Å². The third-order valence-electron chi connectivity index (χ3n) is 5.35. The molecule has 0 saturated heterocycles. The molecule has 8 heteroatoms. The standard InChI is InChI=1S/C28H22N4O3S/c33-26(30-21-7-6-10-23(17-21)35-22-8-2-1-3-9-22)19-36-28-31-25-12-5-4-11-24(25)27(34)32(28)18-20-13-15-29-16-14-20/h1-17H,18-19H2,(H,30,33). The number of amides is 1. The van der Waals surface area contributed by atoms with Crippen molar-refractivity contribution in [1.82, 2.24) is 14.5 Å². The van der Waals surface area contributed by atoms with E-state index in [1.165, 1.54) is 11.8 Å². The second kappa shape index (κ2) is 10.9. The number of hydrogen-bond acceptors (Lipinski definition) is 6. The molecule has 5 aromatic rings. The predicted octanol–water partition coefficient (Wildman–Crippen LogP) is 5.36. The summed E-state index contributed by atoms with van der Waals surface area (Å²) in [6.07, 6.45) is 3.37. The van der Waals surface area contributed by atoms with Gasteiger partial charge >= 0.3 is 0 Å². The van der Waals surface area contributed by atoms with E-state index < -0.39 is 0 Å². The van der Waals surface area contributed by atoms with Crippen LogP contribution in [0.5, 0.6) is 11.5 Å². The molecule has 0 aliphatic carbocycles. The number of hydrogen-bond donors (Lipinski definition) is 1. The van der Waals surface area contributed by atoms with Crippen molar-refractivity contribution in [2.24, 2.45) is 0 Å². The number of thioether (sulfide) groups is 1. The van der Waals surface area contributed by atoms with Gasteiger partial charge in [0.1, 0.15) is 11.5 Å². The van der Waals surface area contributed by atoms with Crippen LogP contribution in [0.15, 0.2) is 113 Å². The molecule has 5 rings (SSSR count). The van der Waals surface area contributed by atoms with E-state index in [1.54, 1.807) is 41.2 Å². The summed E-state index contributed by atoms with van der Waals surface area (Å²) in [5.41, 5.74) is 1.99. The average Bonchev–Trinajstić information content (AvgIpc) is 2.91. The molecule has 0 aliphatic heterocycles. The Morgan fingerprint density at radius 3 is 2.47 bits per heavy atom. The number of anilines is 1. The van der Waals surface area contributed by atoms with Gasteiger partial charge in [0.25, 0.3) is 5.56 Å². The number of para-hydroxylation sites is 2. The Balaban J connectivity index is 1.32. The highest BCUT2D eigenvalue weighted by atomic mass is 32.2. The SMILES string of the molecule is O=C(CSc1nc2ccccc2c(=O)n1Cc1ccncc1)Nc1cccc(Oc2ccccc2)c1. The minimum Gasteiger partial charge on any atom is -0.457 e. The van der Waals surface area contributed by atoms with Crippen LogP contribution in [0, 0.1) is 0 Å². The number of carbonyl (C=O) groups is 1. The lowest BCUT2D eigenvalue weighted by molar-refractivity contribution is -0.113. The normalized spacial score (nSPS) is 10.8. The molecule has 0 atom stereocenters. The summed E-state index contributed by atoms with van der Waals surface area (Å²) in [5, 5.41) is 3.91. The lowest BCUT2D eigenvalue weighted by atomic mass is 10.2. The predicted molar refractivity (Wildman–Crippen MR) is 142 cm³/mol. The number of pyridine rings is 1. The van der Waals surface area contributed by atoms with E-state index in [0.29, 0.717) is 39.8 Å². The average molecular weight is 495 g/mol. The number of nitrogens with zero attached hydrogens (tertiary/aromatic N) is 3. The second-order valence-electron chi connectivity index (χ2n) is 7.94. The van der Waals surface area contributed by atoms with Crippen molar-refractivity contribution in [3.63, 3.8) is 0 Å². The Labute approximate surface area is 211 Å². The van der Waals surface area contributed by atoms with Crippen LogP contribution < -0.4 is 15.6 Å². The van der Waals surface area contributed by atoms with Crippen molar-refractivity contribution < 1.29 is 9.53 Å². The van der Waals surface area contributed by atoms with E-state index in [-0.39, 0.29) is 17.2 Å². The molecule has 0 fully saturated rings. The van der Waals surface area contributed by atoms with Gasteiger partial charge < -0.3 is 10.1 Å². The zero-order valence-electron chi connectivity index (χ0n) is 19.2. The third kappa shape index (κ3) is 5.61. The van der Waals surface area contributed by atoms with Gasteiger partial charge in [-0.15, -0.1) is 0 Å². The molecule has 178 valence electrons. The minimum absolute atomic E-state index is 0.0882. The molecule has 0 unspecified atom stereocenters. The highest BCUT2D eigenvalue weighted by Crippen LogP contribution is 2.24. The fourth-order valence-corrected chi connectivity index (χ4v) is 4.46. The number of nitrogens with one attached hydrogen (secondary N) is 1. The molecular weight excluding hydrogens is 472 g/mol. The number of carbonyl (C=O) groups excluding carboxylic acids is 1. The Kier molecular flexibility index (Phi) is 7.05. The minimum atomic E-state index is -0.213. The van der Waals surface area contributed by atoms with E-state index in [4.69, 9.17) is 4.74 Å². The van der Waals surface area contributed by atoms with Crippen LogP contribution in [0.3, 0.4) is 0 Å². The van der Waals surface area contributed by atoms with Crippen LogP contribution >= 0.6 is 11.8 Å². The second-order valence-corrected chi connectivity index (χ2v) is 8.88. The van der Waals surface area contributed by atoms with Gasteiger partial charge in [-0.2, -0.15) is 0 Å². The first-order valence-corrected chi connectivity index (χ1v) is 12.3. The Hall–Kier alpha value is -4.43. The molecule has 0 radical (unpaired) electrons. The third-order valence-corrected chi connectivity index (χ3v) is 6.32. The molecule has 1 amide bonds. The Morgan fingerprint density at radius 1 is 0.889 bits per heavy atom. The smallest absolute Gasteiger partial charge is 0.262 e. The summed E-state index contributed by atoms with van der Waals surface area (Å²) in [6.45, 7) is 0.335. The van der Waals surface area contributed by atoms with Crippen molar-refractivity contribution in [2.45, 2.75) is 11.7 Å². The maximum atomic E-state index is 13.3. The van der Waals surface area contributed by atoms with Gasteiger partial charge in [-0.3, -0.25) is 19.1 Å². The summed E-state index contributed by atoms with van der Waals surface area (Å²) in [6, 6.07) is 27.6. The first-order chi connectivity index (χ1) is 17.7. The van der Waals surface area contributed by atoms with Gasteiger partial charge in [-0.25, -0.2) is 4.98 Å². The quantitative estimate of drug-likeness (QED) is 0.231. The van der Waals surface area contributed by atoms with E-state index >= 15 is 0 Å². The first-order valence-electron chi connectivity index (χ1n) is 11.3. The molecule has 1 N–H and O–H groups in total. The number of rotatable bonds is 8. The highest BCUT2D eigenvalue weighted by molar-refractivity contribution is 7.99. The first kappa shape index (κ1) is 23.3. The fourth-order valence-electron chi connectivity index (χ4n) is 3.66. The van der Waals surface area contributed by atoms with Gasteiger partial charge in [0, 0.05) is 24.1 Å². The maximum Gasteiger partial charge on any atom is 0.262 e. The topological polar surface area (TPSA) is 86.1 Å². The molecule has 2 heterocycles. The summed E-state index contributed by atoms with van der Waals surface area (Å²) in [4.78, 5) is 34.8. The van der Waals surface area contributed by atoms with E-state index in [0.717, 1.165) is 5.56 Å². The largest absolute Gasteiger partial charge is 0.457 e. The lowest BCUT2D eigenvalue weighted by Gasteiger charge is -2.13. The zero-order valence-corrected chi connectivity index (χ0v) is 20.0. The van der Waals surface area contributed by atoms with Gasteiger partial charge in [0.15, 0.2) is 5.16 Å². The molecule has 0 spiro atoms. The van der Waals surface area contributed by atoms with E-state index in [9.17, 15) is 9.59 Å². The molecule has 0 bridgehead atoms. The van der Waals surface area contributed by atoms with Crippen molar-refractivity contribution >= 4 is 34.3 Å². The van der Waals surface area contributed by atoms with Crippen molar-refractivity contribution in [3.05, 3.63) is 119 Å². The molecular formula is C28H22N4O3S.